The van der Waals surface area contributed by atoms with E-state index in [0.717, 1.165) is 28.8 Å². The number of aryl methyl sites for hydroxylation is 2. The predicted molar refractivity (Wildman–Crippen MR) is 205 cm³/mol. The predicted octanol–water partition coefficient (Wildman–Crippen LogP) is 9.32. The van der Waals surface area contributed by atoms with Crippen LogP contribution in [0.2, 0.25) is 0 Å². The Morgan fingerprint density at radius 1 is 0.556 bits per heavy atom. The minimum Gasteiger partial charge on any atom is -0.505 e. The van der Waals surface area contributed by atoms with Crippen LogP contribution in [0.4, 0.5) is 51.2 Å². The molecule has 0 amide bonds. The molecule has 0 fully saturated rings. The zero-order chi connectivity index (χ0) is 38.9. The minimum atomic E-state index is -5.05. The second kappa shape index (κ2) is 14.4. The Morgan fingerprint density at radius 3 is 1.59 bits per heavy atom. The Morgan fingerprint density at radius 2 is 1.06 bits per heavy atom. The number of benzene rings is 6. The number of azo groups is 3. The van der Waals surface area contributed by atoms with Crippen molar-refractivity contribution in [3.8, 4) is 16.9 Å². The number of aromatic hydroxyl groups is 1. The summed E-state index contributed by atoms with van der Waals surface area (Å²) in [7, 11) is -10.1. The van der Waals surface area contributed by atoms with Crippen LogP contribution in [0.25, 0.3) is 21.9 Å². The summed E-state index contributed by atoms with van der Waals surface area (Å²) < 4.78 is 69.8. The maximum atomic E-state index is 12.5. The fourth-order valence-electron chi connectivity index (χ4n) is 5.48. The molecule has 0 aliphatic carbocycles. The average Bonchev–Trinajstić information content (AvgIpc) is 3.10. The normalized spacial score (nSPS) is 12.4. The number of nitrogens with zero attached hydrogens (tertiary/aromatic N) is 6. The third-order valence-corrected chi connectivity index (χ3v) is 9.93. The van der Waals surface area contributed by atoms with Gasteiger partial charge in [-0.2, -0.15) is 32.2 Å². The summed E-state index contributed by atoms with van der Waals surface area (Å²) in [5.74, 6) is -0.853. The largest absolute Gasteiger partial charge is 0.505 e. The lowest BCUT2D eigenvalue weighted by atomic mass is 10.0. The zero-order valence-corrected chi connectivity index (χ0v) is 30.1. The average molecular weight is 766 g/mol. The van der Waals surface area contributed by atoms with Crippen molar-refractivity contribution in [1.82, 2.24) is 0 Å². The molecule has 0 unspecified atom stereocenters. The lowest BCUT2D eigenvalue weighted by Crippen LogP contribution is -2.03. The molecule has 18 heteroatoms. The van der Waals surface area contributed by atoms with Crippen molar-refractivity contribution in [1.29, 1.82) is 0 Å². The Labute approximate surface area is 308 Å². The van der Waals surface area contributed by atoms with E-state index in [1.165, 1.54) is 0 Å². The molecule has 54 heavy (non-hydrogen) atoms. The monoisotopic (exact) mass is 765 g/mol. The number of rotatable bonds is 9. The smallest absolute Gasteiger partial charge is 0.296 e. The Hall–Kier alpha value is -6.60. The van der Waals surface area contributed by atoms with Gasteiger partial charge in [-0.25, -0.2) is 0 Å². The Kier molecular flexibility index (Phi) is 9.93. The maximum absolute atomic E-state index is 12.5. The van der Waals surface area contributed by atoms with Gasteiger partial charge in [-0.15, -0.1) is 15.3 Å². The van der Waals surface area contributed by atoms with Crippen molar-refractivity contribution in [3.05, 3.63) is 108 Å². The van der Waals surface area contributed by atoms with Gasteiger partial charge in [-0.3, -0.25) is 9.11 Å². The van der Waals surface area contributed by atoms with Crippen molar-refractivity contribution < 1.29 is 31.0 Å². The van der Waals surface area contributed by atoms with Crippen LogP contribution in [-0.4, -0.2) is 31.0 Å². The highest BCUT2D eigenvalue weighted by Crippen LogP contribution is 2.48. The van der Waals surface area contributed by atoms with Crippen molar-refractivity contribution in [3.63, 3.8) is 0 Å². The first-order valence-corrected chi connectivity index (χ1v) is 18.6. The van der Waals surface area contributed by atoms with Gasteiger partial charge in [0.2, 0.25) is 0 Å². The van der Waals surface area contributed by atoms with Crippen molar-refractivity contribution >= 4 is 82.2 Å². The molecule has 6 aromatic rings. The summed E-state index contributed by atoms with van der Waals surface area (Å²) in [6.07, 6.45) is 0. The summed E-state index contributed by atoms with van der Waals surface area (Å²) in [5, 5.41) is 35.3. The molecule has 6 aromatic carbocycles. The molecule has 6 rings (SSSR count). The van der Waals surface area contributed by atoms with Crippen LogP contribution in [0.5, 0.6) is 5.75 Å². The van der Waals surface area contributed by atoms with E-state index in [-0.39, 0.29) is 10.8 Å². The van der Waals surface area contributed by atoms with Gasteiger partial charge in [0.1, 0.15) is 26.9 Å². The lowest BCUT2D eigenvalue weighted by Gasteiger charge is -2.14. The quantitative estimate of drug-likeness (QED) is 0.0460. The first-order chi connectivity index (χ1) is 25.5. The number of hydrogen-bond donors (Lipinski definition) is 6. The zero-order valence-electron chi connectivity index (χ0n) is 28.4. The highest BCUT2D eigenvalue weighted by Gasteiger charge is 2.28. The van der Waals surface area contributed by atoms with E-state index in [0.29, 0.717) is 39.7 Å². The molecule has 0 saturated carbocycles. The third-order valence-electron chi connectivity index (χ3n) is 8.19. The van der Waals surface area contributed by atoms with Gasteiger partial charge in [-0.1, -0.05) is 30.3 Å². The van der Waals surface area contributed by atoms with E-state index in [4.69, 9.17) is 17.2 Å². The van der Waals surface area contributed by atoms with Crippen LogP contribution >= 0.6 is 0 Å². The molecule has 0 aliphatic heterocycles. The first-order valence-electron chi connectivity index (χ1n) is 15.8. The standard InChI is InChI=1S/C36H31N9O7S2/c1-19-14-21(8-11-27(19)41-43-29-13-10-24(37)18-26(29)38)22-9-12-28(20(2)15-22)42-44-34-30(53(47,48)49)16-23-17-31(54(50,51)52)35(36(46)32(23)33(34)39)45-40-25-6-4-3-5-7-25/h3-18,46H,37-39H2,1-2H3,(H,47,48,49)(H,50,51,52). The number of phenols is 1. The number of nitrogens with two attached hydrogens (primary N) is 3. The van der Waals surface area contributed by atoms with Crippen molar-refractivity contribution in [2.75, 3.05) is 17.2 Å². The highest BCUT2D eigenvalue weighted by molar-refractivity contribution is 7.86. The summed E-state index contributed by atoms with van der Waals surface area (Å²) in [6, 6.07) is 25.6. The lowest BCUT2D eigenvalue weighted by molar-refractivity contribution is 0.472. The molecule has 0 bridgehead atoms. The van der Waals surface area contributed by atoms with E-state index in [1.807, 2.05) is 31.2 Å². The van der Waals surface area contributed by atoms with Gasteiger partial charge in [-0.05, 0) is 108 Å². The first kappa shape index (κ1) is 37.2. The molecule has 9 N–H and O–H groups in total. The summed E-state index contributed by atoms with van der Waals surface area (Å²) in [5.41, 5.74) is 22.2. The molecule has 0 saturated heterocycles. The minimum absolute atomic E-state index is 0.277. The molecular weight excluding hydrogens is 735 g/mol. The molecule has 0 aromatic heterocycles. The highest BCUT2D eigenvalue weighted by atomic mass is 32.2. The number of phenolic OH excluding ortho intramolecular Hbond substituents is 1. The second-order valence-corrected chi connectivity index (χ2v) is 14.8. The fraction of sp³-hybridized carbons (Fsp3) is 0.0556. The van der Waals surface area contributed by atoms with Gasteiger partial charge in [0, 0.05) is 5.69 Å². The van der Waals surface area contributed by atoms with Crippen LogP contribution in [0.1, 0.15) is 11.1 Å². The van der Waals surface area contributed by atoms with Crippen LogP contribution in [0.3, 0.4) is 0 Å². The van der Waals surface area contributed by atoms with Crippen LogP contribution < -0.4 is 17.2 Å². The van der Waals surface area contributed by atoms with Crippen LogP contribution in [-0.2, 0) is 20.2 Å². The van der Waals surface area contributed by atoms with Crippen LogP contribution in [0, 0.1) is 13.8 Å². The van der Waals surface area contributed by atoms with E-state index in [2.05, 4.69) is 30.7 Å². The Bertz CT molecular complexity index is 2790. The molecule has 0 heterocycles. The molecule has 0 atom stereocenters. The van der Waals surface area contributed by atoms with E-state index in [1.54, 1.807) is 67.6 Å². The summed E-state index contributed by atoms with van der Waals surface area (Å²) >= 11 is 0. The van der Waals surface area contributed by atoms with Crippen molar-refractivity contribution in [2.45, 2.75) is 23.6 Å². The number of fused-ring (bicyclic) bond motifs is 1. The Balaban J connectivity index is 1.37. The van der Waals surface area contributed by atoms with E-state index in [9.17, 15) is 31.0 Å². The third kappa shape index (κ3) is 7.76. The van der Waals surface area contributed by atoms with Gasteiger partial charge in [0.15, 0.2) is 5.75 Å². The van der Waals surface area contributed by atoms with Gasteiger partial charge < -0.3 is 22.3 Å². The number of anilines is 3. The number of hydrogen-bond acceptors (Lipinski definition) is 14. The maximum Gasteiger partial charge on any atom is 0.296 e. The van der Waals surface area contributed by atoms with E-state index >= 15 is 0 Å². The topological polar surface area (TPSA) is 281 Å². The molecule has 274 valence electrons. The SMILES string of the molecule is Cc1cc(-c2ccc(N=Nc3c(S(=O)(=O)O)cc4cc(S(=O)(=O)O)c(N=Nc5ccccc5)c(O)c4c3N)c(C)c2)ccc1N=Nc1ccc(N)cc1N. The van der Waals surface area contributed by atoms with Gasteiger partial charge in [0.05, 0.1) is 33.8 Å². The molecule has 0 aliphatic rings. The number of nitrogen functional groups attached to an aromatic ring is 3. The van der Waals surface area contributed by atoms with Gasteiger partial charge >= 0.3 is 0 Å². The second-order valence-electron chi connectivity index (χ2n) is 12.0. The van der Waals surface area contributed by atoms with Crippen LogP contribution in [0.15, 0.2) is 138 Å². The molecular formula is C36H31N9O7S2. The molecule has 0 radical (unpaired) electrons. The fourth-order valence-corrected chi connectivity index (χ4v) is 6.81. The summed E-state index contributed by atoms with van der Waals surface area (Å²) in [6.45, 7) is 3.64. The summed E-state index contributed by atoms with van der Waals surface area (Å²) in [4.78, 5) is -1.73. The van der Waals surface area contributed by atoms with E-state index < -0.39 is 52.8 Å². The van der Waals surface area contributed by atoms with Gasteiger partial charge in [0.25, 0.3) is 20.2 Å². The molecule has 16 nitrogen and oxygen atoms in total. The van der Waals surface area contributed by atoms with Crippen molar-refractivity contribution in [2.24, 2.45) is 30.7 Å². The molecule has 0 spiro atoms.